The molecule has 0 fully saturated rings. The zero-order valence-electron chi connectivity index (χ0n) is 13.2. The summed E-state index contributed by atoms with van der Waals surface area (Å²) in [6.45, 7) is 0. The molecule has 0 aliphatic carbocycles. The topological polar surface area (TPSA) is 88.9 Å². The summed E-state index contributed by atoms with van der Waals surface area (Å²) in [5, 5.41) is 6.32. The number of carbonyl (C=O) groups excluding carboxylic acids is 2. The molecular formula is C16H14FN5O2S. The van der Waals surface area contributed by atoms with E-state index in [2.05, 4.69) is 20.9 Å². The van der Waals surface area contributed by atoms with E-state index in [1.807, 2.05) is 0 Å². The van der Waals surface area contributed by atoms with Crippen molar-refractivity contribution in [1.82, 2.24) is 25.6 Å². The smallest absolute Gasteiger partial charge is 0.275 e. The van der Waals surface area contributed by atoms with Crippen LogP contribution in [0.5, 0.6) is 0 Å². The second kappa shape index (κ2) is 7.22. The molecule has 2 aromatic heterocycles. The molecule has 0 aliphatic heterocycles. The van der Waals surface area contributed by atoms with E-state index in [0.717, 1.165) is 5.56 Å². The van der Waals surface area contributed by atoms with Crippen molar-refractivity contribution in [2.45, 2.75) is 6.42 Å². The standard InChI is InChI=1S/C16H14FN5O2S/c1-22-8-11(7-18-22)16-19-13(9-25-16)15(24)21-20-14(23)6-10-2-4-12(17)5-3-10/h2-5,7-9H,6H2,1H3,(H,20,23)(H,21,24). The van der Waals surface area contributed by atoms with E-state index in [0.29, 0.717) is 10.6 Å². The van der Waals surface area contributed by atoms with E-state index in [1.165, 1.54) is 35.6 Å². The van der Waals surface area contributed by atoms with Crippen LogP contribution in [0, 0.1) is 5.82 Å². The zero-order valence-corrected chi connectivity index (χ0v) is 14.0. The Morgan fingerprint density at radius 3 is 2.68 bits per heavy atom. The van der Waals surface area contributed by atoms with Crippen LogP contribution in [-0.4, -0.2) is 26.6 Å². The van der Waals surface area contributed by atoms with Crippen LogP contribution in [0.4, 0.5) is 4.39 Å². The number of benzene rings is 1. The maximum absolute atomic E-state index is 12.8. The molecular weight excluding hydrogens is 345 g/mol. The minimum absolute atomic E-state index is 0.0263. The number of hydrogen-bond donors (Lipinski definition) is 2. The van der Waals surface area contributed by atoms with Crippen LogP contribution in [0.25, 0.3) is 10.6 Å². The Labute approximate surface area is 146 Å². The molecule has 25 heavy (non-hydrogen) atoms. The Hall–Kier alpha value is -3.07. The molecule has 0 saturated heterocycles. The molecule has 1 aromatic carbocycles. The van der Waals surface area contributed by atoms with E-state index in [4.69, 9.17) is 0 Å². The van der Waals surface area contributed by atoms with E-state index < -0.39 is 11.8 Å². The Morgan fingerprint density at radius 2 is 2.00 bits per heavy atom. The molecule has 128 valence electrons. The third kappa shape index (κ3) is 4.27. The van der Waals surface area contributed by atoms with Gasteiger partial charge in [0.25, 0.3) is 5.91 Å². The normalized spacial score (nSPS) is 10.5. The zero-order chi connectivity index (χ0) is 17.8. The van der Waals surface area contributed by atoms with Crippen molar-refractivity contribution in [3.05, 3.63) is 59.1 Å². The van der Waals surface area contributed by atoms with Gasteiger partial charge in [0.15, 0.2) is 0 Å². The molecule has 3 aromatic rings. The van der Waals surface area contributed by atoms with E-state index in [1.54, 1.807) is 29.5 Å². The molecule has 0 unspecified atom stereocenters. The van der Waals surface area contributed by atoms with Crippen molar-refractivity contribution in [1.29, 1.82) is 0 Å². The van der Waals surface area contributed by atoms with Crippen LogP contribution >= 0.6 is 11.3 Å². The van der Waals surface area contributed by atoms with Crippen molar-refractivity contribution >= 4 is 23.2 Å². The number of nitrogens with zero attached hydrogens (tertiary/aromatic N) is 3. The van der Waals surface area contributed by atoms with Gasteiger partial charge in [-0.25, -0.2) is 9.37 Å². The van der Waals surface area contributed by atoms with Crippen LogP contribution in [-0.2, 0) is 18.3 Å². The average molecular weight is 359 g/mol. The molecule has 3 rings (SSSR count). The molecule has 0 radical (unpaired) electrons. The second-order valence-corrected chi connectivity index (χ2v) is 6.10. The Kier molecular flexibility index (Phi) is 4.85. The van der Waals surface area contributed by atoms with E-state index in [-0.39, 0.29) is 17.9 Å². The minimum Gasteiger partial charge on any atom is -0.275 e. The summed E-state index contributed by atoms with van der Waals surface area (Å²) in [5.41, 5.74) is 6.28. The summed E-state index contributed by atoms with van der Waals surface area (Å²) in [7, 11) is 1.79. The van der Waals surface area contributed by atoms with Gasteiger partial charge in [-0.3, -0.25) is 25.1 Å². The molecule has 2 N–H and O–H groups in total. The number of thiazole rings is 1. The third-order valence-electron chi connectivity index (χ3n) is 3.28. The van der Waals surface area contributed by atoms with Crippen LogP contribution in [0.1, 0.15) is 16.1 Å². The largest absolute Gasteiger partial charge is 0.289 e. The maximum atomic E-state index is 12.8. The molecule has 0 aliphatic rings. The van der Waals surface area contributed by atoms with Crippen molar-refractivity contribution < 1.29 is 14.0 Å². The van der Waals surface area contributed by atoms with Gasteiger partial charge in [-0.15, -0.1) is 11.3 Å². The lowest BCUT2D eigenvalue weighted by Crippen LogP contribution is -2.42. The molecule has 2 heterocycles. The van der Waals surface area contributed by atoms with Gasteiger partial charge in [-0.1, -0.05) is 12.1 Å². The minimum atomic E-state index is -0.515. The number of nitrogens with one attached hydrogen (secondary N) is 2. The highest BCUT2D eigenvalue weighted by Crippen LogP contribution is 2.22. The lowest BCUT2D eigenvalue weighted by atomic mass is 10.1. The highest BCUT2D eigenvalue weighted by atomic mass is 32.1. The first-order chi connectivity index (χ1) is 12.0. The third-order valence-corrected chi connectivity index (χ3v) is 4.17. The fourth-order valence-electron chi connectivity index (χ4n) is 2.06. The lowest BCUT2D eigenvalue weighted by Gasteiger charge is -2.06. The quantitative estimate of drug-likeness (QED) is 0.694. The first kappa shape index (κ1) is 16.8. The molecule has 0 bridgehead atoms. The summed E-state index contributed by atoms with van der Waals surface area (Å²) in [6, 6.07) is 5.57. The Bertz CT molecular complexity index is 903. The van der Waals surface area contributed by atoms with Crippen molar-refractivity contribution in [2.75, 3.05) is 0 Å². The SMILES string of the molecule is Cn1cc(-c2nc(C(=O)NNC(=O)Cc3ccc(F)cc3)cs2)cn1. The monoisotopic (exact) mass is 359 g/mol. The summed E-state index contributed by atoms with van der Waals surface area (Å²) in [5.74, 6) is -1.30. The maximum Gasteiger partial charge on any atom is 0.289 e. The van der Waals surface area contributed by atoms with Gasteiger partial charge in [-0.05, 0) is 17.7 Å². The molecule has 0 atom stereocenters. The predicted molar refractivity (Wildman–Crippen MR) is 90.0 cm³/mol. The Balaban J connectivity index is 1.54. The summed E-state index contributed by atoms with van der Waals surface area (Å²) >= 11 is 1.31. The van der Waals surface area contributed by atoms with Crippen LogP contribution in [0.3, 0.4) is 0 Å². The molecule has 7 nitrogen and oxygen atoms in total. The number of hydrazine groups is 1. The van der Waals surface area contributed by atoms with Crippen LogP contribution in [0.2, 0.25) is 0 Å². The molecule has 2 amide bonds. The van der Waals surface area contributed by atoms with Gasteiger partial charge in [0.2, 0.25) is 5.91 Å². The van der Waals surface area contributed by atoms with Gasteiger partial charge < -0.3 is 0 Å². The summed E-state index contributed by atoms with van der Waals surface area (Å²) < 4.78 is 14.5. The average Bonchev–Trinajstić information content (AvgIpc) is 3.23. The highest BCUT2D eigenvalue weighted by molar-refractivity contribution is 7.13. The number of hydrogen-bond acceptors (Lipinski definition) is 5. The fraction of sp³-hybridized carbons (Fsp3) is 0.125. The van der Waals surface area contributed by atoms with Crippen LogP contribution < -0.4 is 10.9 Å². The first-order valence-electron chi connectivity index (χ1n) is 7.29. The summed E-state index contributed by atoms with van der Waals surface area (Å²) in [6.07, 6.45) is 3.48. The van der Waals surface area contributed by atoms with Crippen molar-refractivity contribution in [3.8, 4) is 10.6 Å². The number of carbonyl (C=O) groups is 2. The molecule has 0 saturated carbocycles. The van der Waals surface area contributed by atoms with E-state index in [9.17, 15) is 14.0 Å². The molecule has 0 spiro atoms. The number of rotatable bonds is 4. The van der Waals surface area contributed by atoms with Gasteiger partial charge in [0.05, 0.1) is 12.6 Å². The number of halogens is 1. The second-order valence-electron chi connectivity index (χ2n) is 5.25. The van der Waals surface area contributed by atoms with Gasteiger partial charge in [-0.2, -0.15) is 5.10 Å². The highest BCUT2D eigenvalue weighted by Gasteiger charge is 2.13. The number of aryl methyl sites for hydroxylation is 1. The van der Waals surface area contributed by atoms with Gasteiger partial charge in [0, 0.05) is 24.2 Å². The number of aromatic nitrogens is 3. The Morgan fingerprint density at radius 1 is 1.24 bits per heavy atom. The van der Waals surface area contributed by atoms with Gasteiger partial charge >= 0.3 is 0 Å². The van der Waals surface area contributed by atoms with Crippen molar-refractivity contribution in [2.24, 2.45) is 7.05 Å². The predicted octanol–water partition coefficient (Wildman–Crippen LogP) is 1.69. The summed E-state index contributed by atoms with van der Waals surface area (Å²) in [4.78, 5) is 28.1. The first-order valence-corrected chi connectivity index (χ1v) is 8.17. The number of amides is 2. The lowest BCUT2D eigenvalue weighted by molar-refractivity contribution is -0.121. The van der Waals surface area contributed by atoms with E-state index >= 15 is 0 Å². The van der Waals surface area contributed by atoms with Crippen LogP contribution in [0.15, 0.2) is 42.0 Å². The fourth-order valence-corrected chi connectivity index (χ4v) is 2.84. The molecule has 9 heteroatoms. The van der Waals surface area contributed by atoms with Crippen molar-refractivity contribution in [3.63, 3.8) is 0 Å². The van der Waals surface area contributed by atoms with Gasteiger partial charge in [0.1, 0.15) is 16.5 Å².